The first-order valence-corrected chi connectivity index (χ1v) is 12.7. The van der Waals surface area contributed by atoms with Crippen LogP contribution in [-0.2, 0) is 10.0 Å². The van der Waals surface area contributed by atoms with Crippen LogP contribution in [0.1, 0.15) is 25.7 Å². The molecule has 1 aliphatic heterocycles. The van der Waals surface area contributed by atoms with E-state index < -0.39 is 20.7 Å². The lowest BCUT2D eigenvalue weighted by atomic mass is 9.88. The van der Waals surface area contributed by atoms with Crippen LogP contribution >= 0.6 is 47.8 Å². The van der Waals surface area contributed by atoms with Gasteiger partial charge < -0.3 is 10.6 Å². The third kappa shape index (κ3) is 5.97. The summed E-state index contributed by atoms with van der Waals surface area (Å²) in [6, 6.07) is 3.29. The third-order valence-electron chi connectivity index (χ3n) is 5.89. The van der Waals surface area contributed by atoms with Gasteiger partial charge >= 0.3 is 0 Å². The third-order valence-corrected chi connectivity index (χ3v) is 8.38. The highest BCUT2D eigenvalue weighted by Crippen LogP contribution is 2.33. The van der Waals surface area contributed by atoms with Crippen LogP contribution in [0.5, 0.6) is 0 Å². The van der Waals surface area contributed by atoms with Gasteiger partial charge in [-0.2, -0.15) is 0 Å². The number of rotatable bonds is 7. The smallest absolute Gasteiger partial charge is 0.266 e. The first-order chi connectivity index (χ1) is 14.3. The van der Waals surface area contributed by atoms with Crippen molar-refractivity contribution in [2.45, 2.75) is 48.7 Å². The quantitative estimate of drug-likeness (QED) is 0.482. The maximum Gasteiger partial charge on any atom is 0.266 e. The molecule has 2 heterocycles. The lowest BCUT2D eigenvalue weighted by Crippen LogP contribution is -2.61. The highest BCUT2D eigenvalue weighted by molar-refractivity contribution is 7.93. The van der Waals surface area contributed by atoms with Crippen molar-refractivity contribution in [2.24, 2.45) is 0 Å². The molecule has 1 aliphatic carbocycles. The van der Waals surface area contributed by atoms with Crippen molar-refractivity contribution in [1.82, 2.24) is 15.2 Å². The van der Waals surface area contributed by atoms with E-state index in [0.29, 0.717) is 17.8 Å². The molecule has 1 aromatic carbocycles. The van der Waals surface area contributed by atoms with Crippen LogP contribution in [0.15, 0.2) is 28.6 Å². The maximum atomic E-state index is 14.8. The first kappa shape index (κ1) is 27.4. The Kier molecular flexibility index (Phi) is 9.84. The van der Waals surface area contributed by atoms with Crippen molar-refractivity contribution in [1.29, 1.82) is 0 Å². The molecule has 0 spiro atoms. The molecule has 2 fully saturated rings. The fourth-order valence-corrected chi connectivity index (χ4v) is 6.25. The minimum Gasteiger partial charge on any atom is -0.379 e. The molecule has 0 radical (unpaired) electrons. The van der Waals surface area contributed by atoms with Gasteiger partial charge in [0, 0.05) is 42.8 Å². The van der Waals surface area contributed by atoms with Crippen LogP contribution in [-0.4, -0.2) is 56.6 Å². The van der Waals surface area contributed by atoms with Crippen molar-refractivity contribution in [3.63, 3.8) is 0 Å². The van der Waals surface area contributed by atoms with Gasteiger partial charge in [0.15, 0.2) is 5.13 Å². The highest BCUT2D eigenvalue weighted by Gasteiger charge is 2.34. The van der Waals surface area contributed by atoms with E-state index in [1.807, 2.05) is 0 Å². The maximum absolute atomic E-state index is 14.8. The molecule has 7 nitrogen and oxygen atoms in total. The summed E-state index contributed by atoms with van der Waals surface area (Å²) >= 11 is 7.49. The molecule has 1 aromatic heterocycles. The molecule has 32 heavy (non-hydrogen) atoms. The Morgan fingerprint density at radius 1 is 1.25 bits per heavy atom. The average molecular weight is 547 g/mol. The minimum absolute atomic E-state index is 0. The average Bonchev–Trinajstić information content (AvgIpc) is 3.15. The van der Waals surface area contributed by atoms with Crippen LogP contribution in [0.2, 0.25) is 5.02 Å². The van der Waals surface area contributed by atoms with E-state index in [-0.39, 0.29) is 41.0 Å². The Balaban J connectivity index is 0.00000181. The van der Waals surface area contributed by atoms with Gasteiger partial charge in [0.1, 0.15) is 10.7 Å². The number of aromatic nitrogens is 1. The Labute approximate surface area is 209 Å². The first-order valence-electron chi connectivity index (χ1n) is 9.95. The lowest BCUT2D eigenvalue weighted by Gasteiger charge is -2.45. The fraction of sp³-hybridized carbons (Fsp3) is 0.526. The molecule has 13 heteroatoms. The topological polar surface area (TPSA) is 86.4 Å². The van der Waals surface area contributed by atoms with Crippen LogP contribution in [0.4, 0.5) is 15.2 Å². The van der Waals surface area contributed by atoms with Crippen LogP contribution < -0.4 is 15.4 Å². The molecular weight excluding hydrogens is 520 g/mol. The predicted molar refractivity (Wildman–Crippen MR) is 133 cm³/mol. The second kappa shape index (κ2) is 11.5. The van der Waals surface area contributed by atoms with Crippen LogP contribution in [0.25, 0.3) is 0 Å². The molecule has 0 unspecified atom stereocenters. The number of likely N-dealkylation sites (N-methyl/N-ethyl adjacent to an activating group) is 1. The van der Waals surface area contributed by atoms with Gasteiger partial charge in [-0.1, -0.05) is 24.4 Å². The Morgan fingerprint density at radius 3 is 2.59 bits per heavy atom. The van der Waals surface area contributed by atoms with E-state index >= 15 is 0 Å². The van der Waals surface area contributed by atoms with Crippen molar-refractivity contribution < 1.29 is 12.8 Å². The number of sulfonamides is 1. The fourth-order valence-electron chi connectivity index (χ4n) is 4.09. The minimum atomic E-state index is -4.12. The van der Waals surface area contributed by atoms with Gasteiger partial charge in [-0.3, -0.25) is 9.62 Å². The van der Waals surface area contributed by atoms with Crippen molar-refractivity contribution >= 4 is 68.6 Å². The number of thiazole rings is 1. The van der Waals surface area contributed by atoms with Crippen molar-refractivity contribution in [3.8, 4) is 0 Å². The van der Waals surface area contributed by atoms with E-state index in [1.165, 1.54) is 12.3 Å². The summed E-state index contributed by atoms with van der Waals surface area (Å²) in [6.07, 6.45) is 5.74. The summed E-state index contributed by atoms with van der Waals surface area (Å²) in [5.41, 5.74) is 0.416. The van der Waals surface area contributed by atoms with E-state index in [9.17, 15) is 12.8 Å². The summed E-state index contributed by atoms with van der Waals surface area (Å²) in [4.78, 5) is 5.78. The standard InChI is InChI=1S/C19H25ClFN5O2S2.2ClH/c1-26(12-10-22-11-12)17-5-3-2-4-15(17)24-16-9-14(21)18(8-13(16)20)30(27,28)25-19-23-6-7-29-19;;/h6-9,12,15,17,22,24H,2-5,10-11H2,1H3,(H,23,25);2*1H/t15-,17-;;/m0../s1. The summed E-state index contributed by atoms with van der Waals surface area (Å²) in [5, 5.41) is 8.66. The molecule has 2 aliphatic rings. The molecule has 4 rings (SSSR count). The molecule has 2 atom stereocenters. The Hall–Kier alpha value is -0.880. The molecule has 0 bridgehead atoms. The molecule has 2 aromatic rings. The number of anilines is 2. The number of hydrogen-bond acceptors (Lipinski definition) is 7. The summed E-state index contributed by atoms with van der Waals surface area (Å²) in [5.74, 6) is -0.852. The Morgan fingerprint density at radius 2 is 1.97 bits per heavy atom. The van der Waals surface area contributed by atoms with Gasteiger partial charge in [0.2, 0.25) is 0 Å². The van der Waals surface area contributed by atoms with Gasteiger partial charge in [0.05, 0.1) is 10.7 Å². The van der Waals surface area contributed by atoms with Gasteiger partial charge in [-0.15, -0.1) is 36.2 Å². The second-order valence-electron chi connectivity index (χ2n) is 7.79. The van der Waals surface area contributed by atoms with Crippen LogP contribution in [0.3, 0.4) is 0 Å². The zero-order valence-electron chi connectivity index (χ0n) is 17.4. The molecule has 0 amide bonds. The monoisotopic (exact) mass is 545 g/mol. The SMILES string of the molecule is CN(C1CNC1)[C@H]1CCCC[C@@H]1Nc1cc(F)c(S(=O)(=O)Nc2nccs2)cc1Cl.Cl.Cl. The lowest BCUT2D eigenvalue weighted by molar-refractivity contribution is 0.0944. The number of nitrogens with one attached hydrogen (secondary N) is 3. The zero-order valence-corrected chi connectivity index (χ0v) is 21.4. The molecule has 1 saturated carbocycles. The van der Waals surface area contributed by atoms with Crippen molar-refractivity contribution in [2.75, 3.05) is 30.2 Å². The van der Waals surface area contributed by atoms with E-state index in [0.717, 1.165) is 56.2 Å². The van der Waals surface area contributed by atoms with Gasteiger partial charge in [-0.25, -0.2) is 17.8 Å². The predicted octanol–water partition coefficient (Wildman–Crippen LogP) is 4.21. The normalized spacial score (nSPS) is 21.2. The number of benzene rings is 1. The van der Waals surface area contributed by atoms with E-state index in [2.05, 4.69) is 32.3 Å². The van der Waals surface area contributed by atoms with Crippen LogP contribution in [0, 0.1) is 5.82 Å². The highest BCUT2D eigenvalue weighted by atomic mass is 35.5. The summed E-state index contributed by atoms with van der Waals surface area (Å²) in [7, 11) is -1.98. The largest absolute Gasteiger partial charge is 0.379 e. The molecule has 180 valence electrons. The van der Waals surface area contributed by atoms with Crippen molar-refractivity contribution in [3.05, 3.63) is 34.5 Å². The number of hydrogen-bond donors (Lipinski definition) is 3. The Bertz CT molecular complexity index is 993. The zero-order chi connectivity index (χ0) is 21.3. The van der Waals surface area contributed by atoms with Gasteiger partial charge in [-0.05, 0) is 32.0 Å². The molecular formula is C19H27Cl3FN5O2S2. The molecule has 1 saturated heterocycles. The number of nitrogens with zero attached hydrogens (tertiary/aromatic N) is 2. The summed E-state index contributed by atoms with van der Waals surface area (Å²) in [6.45, 7) is 1.96. The van der Waals surface area contributed by atoms with E-state index in [4.69, 9.17) is 11.6 Å². The van der Waals surface area contributed by atoms with E-state index in [1.54, 1.807) is 5.38 Å². The number of halogens is 4. The molecule has 3 N–H and O–H groups in total. The van der Waals surface area contributed by atoms with Gasteiger partial charge in [0.25, 0.3) is 10.0 Å². The summed E-state index contributed by atoms with van der Waals surface area (Å²) < 4.78 is 42.2. The second-order valence-corrected chi connectivity index (χ2v) is 10.7.